The molecule has 1 N–H and O–H groups in total. The Labute approximate surface area is 122 Å². The Kier molecular flexibility index (Phi) is 5.39. The van der Waals surface area contributed by atoms with Crippen LogP contribution in [-0.2, 0) is 17.4 Å². The van der Waals surface area contributed by atoms with Crippen molar-refractivity contribution >= 4 is 5.91 Å². The summed E-state index contributed by atoms with van der Waals surface area (Å²) in [5.74, 6) is -0.223. The maximum absolute atomic E-state index is 12.4. The van der Waals surface area contributed by atoms with Gasteiger partial charge >= 0.3 is 6.18 Å². The minimum atomic E-state index is -4.38. The standard InChI is InChI=1S/C15H20F3NO2/c1-4-19(10-14(2,3)21)13(20)9-11-5-7-12(8-6-11)15(16,17)18/h5-8,21H,4,9-10H2,1-3H3. The summed E-state index contributed by atoms with van der Waals surface area (Å²) >= 11 is 0. The molecule has 0 bridgehead atoms. The second-order valence-corrected chi connectivity index (χ2v) is 5.59. The molecular weight excluding hydrogens is 283 g/mol. The lowest BCUT2D eigenvalue weighted by atomic mass is 10.1. The highest BCUT2D eigenvalue weighted by Gasteiger charge is 2.30. The van der Waals surface area contributed by atoms with Crippen LogP contribution in [0, 0.1) is 0 Å². The van der Waals surface area contributed by atoms with Crippen LogP contribution in [0.1, 0.15) is 31.9 Å². The molecule has 0 radical (unpaired) electrons. The highest BCUT2D eigenvalue weighted by molar-refractivity contribution is 5.78. The summed E-state index contributed by atoms with van der Waals surface area (Å²) in [7, 11) is 0. The fourth-order valence-corrected chi connectivity index (χ4v) is 1.94. The number of aliphatic hydroxyl groups is 1. The lowest BCUT2D eigenvalue weighted by Gasteiger charge is -2.28. The molecule has 0 atom stereocenters. The molecule has 0 spiro atoms. The number of carbonyl (C=O) groups excluding carboxylic acids is 1. The summed E-state index contributed by atoms with van der Waals surface area (Å²) in [6.45, 7) is 5.60. The van der Waals surface area contributed by atoms with Crippen molar-refractivity contribution in [3.05, 3.63) is 35.4 Å². The normalized spacial score (nSPS) is 12.3. The molecule has 0 aliphatic rings. The molecule has 0 fully saturated rings. The van der Waals surface area contributed by atoms with Gasteiger partial charge < -0.3 is 10.0 Å². The van der Waals surface area contributed by atoms with Crippen LogP contribution in [-0.4, -0.2) is 34.6 Å². The predicted octanol–water partition coefficient (Wildman–Crippen LogP) is 2.87. The molecule has 21 heavy (non-hydrogen) atoms. The number of benzene rings is 1. The predicted molar refractivity (Wildman–Crippen MR) is 73.7 cm³/mol. The molecule has 0 unspecified atom stereocenters. The van der Waals surface area contributed by atoms with Crippen molar-refractivity contribution in [3.8, 4) is 0 Å². The summed E-state index contributed by atoms with van der Waals surface area (Å²) in [5.41, 5.74) is -1.23. The molecule has 0 aromatic heterocycles. The quantitative estimate of drug-likeness (QED) is 0.908. The highest BCUT2D eigenvalue weighted by Crippen LogP contribution is 2.29. The molecule has 118 valence electrons. The molecule has 0 heterocycles. The van der Waals surface area contributed by atoms with Crippen molar-refractivity contribution in [3.63, 3.8) is 0 Å². The third-order valence-electron chi connectivity index (χ3n) is 2.95. The van der Waals surface area contributed by atoms with E-state index < -0.39 is 17.3 Å². The van der Waals surface area contributed by atoms with E-state index in [9.17, 15) is 23.1 Å². The van der Waals surface area contributed by atoms with E-state index in [1.54, 1.807) is 20.8 Å². The number of nitrogens with zero attached hydrogens (tertiary/aromatic N) is 1. The first kappa shape index (κ1) is 17.5. The van der Waals surface area contributed by atoms with Gasteiger partial charge in [0.15, 0.2) is 0 Å². The van der Waals surface area contributed by atoms with E-state index in [4.69, 9.17) is 0 Å². The van der Waals surface area contributed by atoms with Crippen LogP contribution >= 0.6 is 0 Å². The zero-order chi connectivity index (χ0) is 16.3. The topological polar surface area (TPSA) is 40.5 Å². The average molecular weight is 303 g/mol. The van der Waals surface area contributed by atoms with E-state index in [2.05, 4.69) is 0 Å². The number of likely N-dealkylation sites (N-methyl/N-ethyl adjacent to an activating group) is 1. The zero-order valence-corrected chi connectivity index (χ0v) is 12.4. The van der Waals surface area contributed by atoms with Gasteiger partial charge in [-0.15, -0.1) is 0 Å². The zero-order valence-electron chi connectivity index (χ0n) is 12.4. The third-order valence-corrected chi connectivity index (χ3v) is 2.95. The van der Waals surface area contributed by atoms with Gasteiger partial charge in [0.25, 0.3) is 0 Å². The monoisotopic (exact) mass is 303 g/mol. The molecule has 0 saturated heterocycles. The first-order valence-corrected chi connectivity index (χ1v) is 6.69. The van der Waals surface area contributed by atoms with Crippen molar-refractivity contribution in [2.75, 3.05) is 13.1 Å². The first-order chi connectivity index (χ1) is 9.53. The molecule has 1 aromatic carbocycles. The van der Waals surface area contributed by atoms with Crippen LogP contribution in [0.15, 0.2) is 24.3 Å². The van der Waals surface area contributed by atoms with Gasteiger partial charge in [0.2, 0.25) is 5.91 Å². The number of alkyl halides is 3. The number of hydrogen-bond donors (Lipinski definition) is 1. The van der Waals surface area contributed by atoms with Crippen LogP contribution in [0.5, 0.6) is 0 Å². The molecule has 1 amide bonds. The number of carbonyl (C=O) groups is 1. The van der Waals surface area contributed by atoms with Gasteiger partial charge in [-0.2, -0.15) is 13.2 Å². The summed E-state index contributed by atoms with van der Waals surface area (Å²) in [5, 5.41) is 9.74. The fraction of sp³-hybridized carbons (Fsp3) is 0.533. The van der Waals surface area contributed by atoms with Crippen molar-refractivity contribution in [2.45, 2.75) is 39.0 Å². The maximum Gasteiger partial charge on any atom is 0.416 e. The van der Waals surface area contributed by atoms with Gasteiger partial charge in [-0.1, -0.05) is 12.1 Å². The van der Waals surface area contributed by atoms with Gasteiger partial charge in [0.05, 0.1) is 17.6 Å². The Morgan fingerprint density at radius 2 is 1.71 bits per heavy atom. The smallest absolute Gasteiger partial charge is 0.389 e. The second-order valence-electron chi connectivity index (χ2n) is 5.59. The van der Waals surface area contributed by atoms with Crippen LogP contribution < -0.4 is 0 Å². The van der Waals surface area contributed by atoms with E-state index in [0.717, 1.165) is 12.1 Å². The first-order valence-electron chi connectivity index (χ1n) is 6.69. The molecule has 6 heteroatoms. The molecule has 3 nitrogen and oxygen atoms in total. The number of halogens is 3. The largest absolute Gasteiger partial charge is 0.416 e. The molecule has 0 aliphatic carbocycles. The summed E-state index contributed by atoms with van der Waals surface area (Å²) in [4.78, 5) is 13.6. The Balaban J connectivity index is 2.74. The SMILES string of the molecule is CCN(CC(C)(C)O)C(=O)Cc1ccc(C(F)(F)F)cc1. The van der Waals surface area contributed by atoms with Gasteiger partial charge in [-0.25, -0.2) is 0 Å². The van der Waals surface area contributed by atoms with E-state index in [1.807, 2.05) is 0 Å². The molecular formula is C15H20F3NO2. The van der Waals surface area contributed by atoms with E-state index in [1.165, 1.54) is 17.0 Å². The van der Waals surface area contributed by atoms with Crippen LogP contribution in [0.4, 0.5) is 13.2 Å². The highest BCUT2D eigenvalue weighted by atomic mass is 19.4. The molecule has 0 aliphatic heterocycles. The van der Waals surface area contributed by atoms with Crippen molar-refractivity contribution in [1.82, 2.24) is 4.90 Å². The van der Waals surface area contributed by atoms with E-state index in [0.29, 0.717) is 12.1 Å². The summed E-state index contributed by atoms with van der Waals surface area (Å²) in [6.07, 6.45) is -4.36. The maximum atomic E-state index is 12.4. The minimum Gasteiger partial charge on any atom is -0.389 e. The van der Waals surface area contributed by atoms with Crippen molar-refractivity contribution in [1.29, 1.82) is 0 Å². The van der Waals surface area contributed by atoms with Crippen LogP contribution in [0.25, 0.3) is 0 Å². The Hall–Kier alpha value is -1.56. The average Bonchev–Trinajstić information content (AvgIpc) is 2.34. The van der Waals surface area contributed by atoms with Crippen molar-refractivity contribution < 1.29 is 23.1 Å². The minimum absolute atomic E-state index is 0.0159. The lowest BCUT2D eigenvalue weighted by molar-refractivity contribution is -0.137. The van der Waals surface area contributed by atoms with Crippen molar-refractivity contribution in [2.24, 2.45) is 0 Å². The van der Waals surface area contributed by atoms with Gasteiger partial charge in [0, 0.05) is 13.1 Å². The van der Waals surface area contributed by atoms with Crippen LogP contribution in [0.2, 0.25) is 0 Å². The third kappa shape index (κ3) is 5.75. The van der Waals surface area contributed by atoms with Crippen LogP contribution in [0.3, 0.4) is 0 Å². The summed E-state index contributed by atoms with van der Waals surface area (Å²) < 4.78 is 37.3. The molecule has 1 rings (SSSR count). The lowest BCUT2D eigenvalue weighted by Crippen LogP contribution is -2.42. The van der Waals surface area contributed by atoms with Gasteiger partial charge in [0.1, 0.15) is 0 Å². The Morgan fingerprint density at radius 3 is 2.10 bits per heavy atom. The van der Waals surface area contributed by atoms with Gasteiger partial charge in [-0.3, -0.25) is 4.79 Å². The van der Waals surface area contributed by atoms with E-state index in [-0.39, 0.29) is 18.9 Å². The second kappa shape index (κ2) is 6.47. The fourth-order valence-electron chi connectivity index (χ4n) is 1.94. The van der Waals surface area contributed by atoms with Gasteiger partial charge in [-0.05, 0) is 38.5 Å². The molecule has 0 saturated carbocycles. The Bertz CT molecular complexity index is 475. The molecule has 1 aromatic rings. The van der Waals surface area contributed by atoms with E-state index >= 15 is 0 Å². The Morgan fingerprint density at radius 1 is 1.19 bits per heavy atom. The number of rotatable bonds is 5. The summed E-state index contributed by atoms with van der Waals surface area (Å²) in [6, 6.07) is 4.54. The number of hydrogen-bond acceptors (Lipinski definition) is 2. The number of amides is 1.